The molecule has 0 N–H and O–H groups in total. The largest absolute Gasteiger partial charge is 0.456 e. The molecule has 0 saturated heterocycles. The Morgan fingerprint density at radius 3 is 2.53 bits per heavy atom. The number of esters is 1. The van der Waals surface area contributed by atoms with Crippen molar-refractivity contribution in [2.75, 3.05) is 6.61 Å². The lowest BCUT2D eigenvalue weighted by Crippen LogP contribution is -2.21. The maximum absolute atomic E-state index is 10.8. The van der Waals surface area contributed by atoms with Crippen molar-refractivity contribution >= 4 is 5.97 Å². The molecule has 0 bridgehead atoms. The van der Waals surface area contributed by atoms with E-state index in [0.717, 1.165) is 6.42 Å². The smallest absolute Gasteiger partial charge is 0.384 e. The normalized spacial score (nSPS) is 10.8. The fourth-order valence-corrected chi connectivity index (χ4v) is 1.41. The third-order valence-electron chi connectivity index (χ3n) is 2.42. The second kappa shape index (κ2) is 7.34. The Morgan fingerprint density at radius 2 is 2.00 bits per heavy atom. The Labute approximate surface area is 93.4 Å². The molecule has 0 radical (unpaired) electrons. The Hall–Kier alpha value is -0.970. The van der Waals surface area contributed by atoms with Crippen LogP contribution >= 0.6 is 0 Å². The summed E-state index contributed by atoms with van der Waals surface area (Å²) in [5.74, 6) is 1.39. The number of carbonyl (C=O) groups excluding carboxylic acids is 1. The number of terminal acetylenes is 1. The summed E-state index contributed by atoms with van der Waals surface area (Å²) in [6.07, 6.45) is 11.0. The Bertz CT molecular complexity index is 223. The lowest BCUT2D eigenvalue weighted by atomic mass is 9.88. The summed E-state index contributed by atoms with van der Waals surface area (Å²) in [4.78, 5) is 10.8. The van der Waals surface area contributed by atoms with E-state index in [4.69, 9.17) is 11.2 Å². The molecule has 0 fully saturated rings. The standard InChI is InChI=1S/C13H22O2/c1-5-7-8-9-10-13(3,4)11-15-12(14)6-2/h2H,5,7-11H2,1,3-4H3. The molecule has 0 aliphatic heterocycles. The van der Waals surface area contributed by atoms with E-state index < -0.39 is 5.97 Å². The van der Waals surface area contributed by atoms with Crippen LogP contribution in [0.15, 0.2) is 0 Å². The van der Waals surface area contributed by atoms with Crippen molar-refractivity contribution in [2.24, 2.45) is 5.41 Å². The van der Waals surface area contributed by atoms with E-state index in [1.807, 2.05) is 5.92 Å². The highest BCUT2D eigenvalue weighted by Gasteiger charge is 2.19. The monoisotopic (exact) mass is 210 g/mol. The number of hydrogen-bond donors (Lipinski definition) is 0. The van der Waals surface area contributed by atoms with Gasteiger partial charge < -0.3 is 4.74 Å². The van der Waals surface area contributed by atoms with Crippen molar-refractivity contribution in [1.82, 2.24) is 0 Å². The van der Waals surface area contributed by atoms with E-state index in [-0.39, 0.29) is 5.41 Å². The average Bonchev–Trinajstić information content (AvgIpc) is 2.21. The number of ether oxygens (including phenoxy) is 1. The quantitative estimate of drug-likeness (QED) is 0.279. The fraction of sp³-hybridized carbons (Fsp3) is 0.769. The zero-order valence-corrected chi connectivity index (χ0v) is 10.1. The van der Waals surface area contributed by atoms with Gasteiger partial charge in [-0.3, -0.25) is 0 Å². The molecule has 0 aromatic heterocycles. The Kier molecular flexibility index (Phi) is 6.86. The van der Waals surface area contributed by atoms with Gasteiger partial charge in [-0.25, -0.2) is 4.79 Å². The predicted octanol–water partition coefficient (Wildman–Crippen LogP) is 3.16. The molecule has 86 valence electrons. The second-order valence-electron chi connectivity index (χ2n) is 4.70. The molecule has 0 atom stereocenters. The first-order valence-corrected chi connectivity index (χ1v) is 5.65. The van der Waals surface area contributed by atoms with Gasteiger partial charge in [0.1, 0.15) is 0 Å². The van der Waals surface area contributed by atoms with E-state index in [1.54, 1.807) is 0 Å². The summed E-state index contributed by atoms with van der Waals surface area (Å²) >= 11 is 0. The minimum absolute atomic E-state index is 0.0419. The summed E-state index contributed by atoms with van der Waals surface area (Å²) < 4.78 is 4.94. The van der Waals surface area contributed by atoms with Gasteiger partial charge in [-0.1, -0.05) is 46.5 Å². The number of hydrogen-bond acceptors (Lipinski definition) is 2. The summed E-state index contributed by atoms with van der Waals surface area (Å²) in [7, 11) is 0. The van der Waals surface area contributed by atoms with Crippen molar-refractivity contribution in [1.29, 1.82) is 0 Å². The van der Waals surface area contributed by atoms with Crippen molar-refractivity contribution < 1.29 is 9.53 Å². The van der Waals surface area contributed by atoms with Crippen molar-refractivity contribution in [3.05, 3.63) is 0 Å². The molecule has 0 unspecified atom stereocenters. The highest BCUT2D eigenvalue weighted by atomic mass is 16.5. The van der Waals surface area contributed by atoms with Crippen LogP contribution in [0.1, 0.15) is 52.9 Å². The van der Waals surface area contributed by atoms with Crippen LogP contribution in [0.4, 0.5) is 0 Å². The fourth-order valence-electron chi connectivity index (χ4n) is 1.41. The zero-order chi connectivity index (χ0) is 11.7. The average molecular weight is 210 g/mol. The van der Waals surface area contributed by atoms with Crippen LogP contribution in [-0.2, 0) is 9.53 Å². The Balaban J connectivity index is 3.67. The maximum Gasteiger partial charge on any atom is 0.384 e. The highest BCUT2D eigenvalue weighted by molar-refractivity contribution is 5.87. The van der Waals surface area contributed by atoms with E-state index in [0.29, 0.717) is 6.61 Å². The summed E-state index contributed by atoms with van der Waals surface area (Å²) in [5.41, 5.74) is 0.0419. The van der Waals surface area contributed by atoms with Gasteiger partial charge in [0.2, 0.25) is 0 Å². The van der Waals surface area contributed by atoms with Gasteiger partial charge in [0, 0.05) is 5.92 Å². The highest BCUT2D eigenvalue weighted by Crippen LogP contribution is 2.24. The predicted molar refractivity (Wildman–Crippen MR) is 62.3 cm³/mol. The molecule has 0 aliphatic rings. The lowest BCUT2D eigenvalue weighted by molar-refractivity contribution is -0.139. The molecule has 0 spiro atoms. The summed E-state index contributed by atoms with van der Waals surface area (Å²) in [6.45, 7) is 6.81. The van der Waals surface area contributed by atoms with Crippen LogP contribution in [-0.4, -0.2) is 12.6 Å². The molecule has 15 heavy (non-hydrogen) atoms. The molecule has 0 aliphatic carbocycles. The summed E-state index contributed by atoms with van der Waals surface area (Å²) in [6, 6.07) is 0. The van der Waals surface area contributed by atoms with Gasteiger partial charge in [-0.15, -0.1) is 6.42 Å². The first-order chi connectivity index (χ1) is 7.02. The zero-order valence-electron chi connectivity index (χ0n) is 10.1. The van der Waals surface area contributed by atoms with Gasteiger partial charge in [0.05, 0.1) is 6.61 Å². The van der Waals surface area contributed by atoms with E-state index in [1.165, 1.54) is 25.7 Å². The van der Waals surface area contributed by atoms with Gasteiger partial charge in [-0.05, 0) is 11.8 Å². The van der Waals surface area contributed by atoms with Crippen LogP contribution in [0, 0.1) is 17.8 Å². The number of carbonyl (C=O) groups is 1. The molecule has 0 heterocycles. The third kappa shape index (κ3) is 8.05. The SMILES string of the molecule is C#CC(=O)OCC(C)(C)CCCCCC. The van der Waals surface area contributed by atoms with Crippen LogP contribution in [0.5, 0.6) is 0 Å². The van der Waals surface area contributed by atoms with E-state index in [9.17, 15) is 4.79 Å². The second-order valence-corrected chi connectivity index (χ2v) is 4.70. The molecular weight excluding hydrogens is 188 g/mol. The number of unbranched alkanes of at least 4 members (excludes halogenated alkanes) is 3. The molecule has 2 nitrogen and oxygen atoms in total. The van der Waals surface area contributed by atoms with Crippen molar-refractivity contribution in [3.8, 4) is 12.3 Å². The minimum Gasteiger partial charge on any atom is -0.456 e. The van der Waals surface area contributed by atoms with E-state index >= 15 is 0 Å². The van der Waals surface area contributed by atoms with Crippen LogP contribution in [0.3, 0.4) is 0 Å². The molecular formula is C13H22O2. The van der Waals surface area contributed by atoms with Crippen LogP contribution in [0.25, 0.3) is 0 Å². The van der Waals surface area contributed by atoms with Gasteiger partial charge in [0.25, 0.3) is 0 Å². The van der Waals surface area contributed by atoms with Crippen LogP contribution < -0.4 is 0 Å². The van der Waals surface area contributed by atoms with Gasteiger partial charge in [-0.2, -0.15) is 0 Å². The van der Waals surface area contributed by atoms with Gasteiger partial charge >= 0.3 is 5.97 Å². The molecule has 0 saturated carbocycles. The van der Waals surface area contributed by atoms with Crippen LogP contribution in [0.2, 0.25) is 0 Å². The maximum atomic E-state index is 10.8. The first kappa shape index (κ1) is 14.0. The molecule has 2 heteroatoms. The Morgan fingerprint density at radius 1 is 1.33 bits per heavy atom. The molecule has 0 aromatic carbocycles. The summed E-state index contributed by atoms with van der Waals surface area (Å²) in [5, 5.41) is 0. The van der Waals surface area contributed by atoms with Gasteiger partial charge in [0.15, 0.2) is 0 Å². The third-order valence-corrected chi connectivity index (χ3v) is 2.42. The van der Waals surface area contributed by atoms with Crippen molar-refractivity contribution in [3.63, 3.8) is 0 Å². The first-order valence-electron chi connectivity index (χ1n) is 5.65. The molecule has 0 rings (SSSR count). The van der Waals surface area contributed by atoms with Crippen molar-refractivity contribution in [2.45, 2.75) is 52.9 Å². The topological polar surface area (TPSA) is 26.3 Å². The molecule has 0 amide bonds. The van der Waals surface area contributed by atoms with E-state index in [2.05, 4.69) is 20.8 Å². The number of rotatable bonds is 7. The minimum atomic E-state index is -0.559. The lowest BCUT2D eigenvalue weighted by Gasteiger charge is -2.23. The molecule has 0 aromatic rings.